The number of benzene rings is 1. The molecule has 0 aliphatic rings. The summed E-state index contributed by atoms with van der Waals surface area (Å²) in [7, 11) is 0. The molecule has 1 aromatic carbocycles. The van der Waals surface area contributed by atoms with Crippen LogP contribution in [0.25, 0.3) is 0 Å². The van der Waals surface area contributed by atoms with Crippen LogP contribution < -0.4 is 5.32 Å². The minimum atomic E-state index is -0.847. The number of pyridine rings is 1. The zero-order valence-electron chi connectivity index (χ0n) is 10.4. The maximum Gasteiger partial charge on any atom is 0.289 e. The Hall–Kier alpha value is -3.36. The van der Waals surface area contributed by atoms with Gasteiger partial charge in [-0.15, -0.1) is 0 Å². The maximum atomic E-state index is 12.0. The smallest absolute Gasteiger partial charge is 0.289 e. The second kappa shape index (κ2) is 5.74. The van der Waals surface area contributed by atoms with Crippen molar-refractivity contribution in [1.29, 1.82) is 0 Å². The molecule has 1 aromatic heterocycles. The molecule has 9 nitrogen and oxygen atoms in total. The molecule has 1 heterocycles. The first-order chi connectivity index (χ1) is 9.99. The summed E-state index contributed by atoms with van der Waals surface area (Å²) in [5.41, 5.74) is -1.38. The Morgan fingerprint density at radius 1 is 1.10 bits per heavy atom. The number of anilines is 1. The van der Waals surface area contributed by atoms with E-state index >= 15 is 0 Å². The van der Waals surface area contributed by atoms with E-state index in [1.165, 1.54) is 12.3 Å². The van der Waals surface area contributed by atoms with Gasteiger partial charge in [0.25, 0.3) is 17.3 Å². The second-order valence-corrected chi connectivity index (χ2v) is 3.88. The van der Waals surface area contributed by atoms with Gasteiger partial charge in [0.1, 0.15) is 11.4 Å². The molecule has 0 spiro atoms. The molecule has 2 rings (SSSR count). The molecule has 1 N–H and O–H groups in total. The number of carbonyl (C=O) groups is 1. The third-order valence-electron chi connectivity index (χ3n) is 2.54. The van der Waals surface area contributed by atoms with Crippen molar-refractivity contribution in [1.82, 2.24) is 4.98 Å². The Balaban J connectivity index is 2.36. The lowest BCUT2D eigenvalue weighted by Gasteiger charge is -2.04. The number of hydrogen-bond acceptors (Lipinski definition) is 6. The van der Waals surface area contributed by atoms with E-state index in [0.717, 1.165) is 18.2 Å². The molecule has 1 amide bonds. The summed E-state index contributed by atoms with van der Waals surface area (Å²) < 4.78 is 0. The van der Waals surface area contributed by atoms with Gasteiger partial charge in [-0.2, -0.15) is 0 Å². The highest BCUT2D eigenvalue weighted by atomic mass is 16.6. The van der Waals surface area contributed by atoms with Crippen LogP contribution in [0.2, 0.25) is 0 Å². The lowest BCUT2D eigenvalue weighted by atomic mass is 10.1. The first kappa shape index (κ1) is 14.1. The van der Waals surface area contributed by atoms with Crippen molar-refractivity contribution in [3.8, 4) is 0 Å². The van der Waals surface area contributed by atoms with Crippen LogP contribution in [-0.4, -0.2) is 20.7 Å². The Kier molecular flexibility index (Phi) is 3.84. The monoisotopic (exact) mass is 288 g/mol. The van der Waals surface area contributed by atoms with Crippen molar-refractivity contribution < 1.29 is 14.6 Å². The summed E-state index contributed by atoms with van der Waals surface area (Å²) >= 11 is 0. The molecule has 0 saturated carbocycles. The lowest BCUT2D eigenvalue weighted by molar-refractivity contribution is -0.394. The topological polar surface area (TPSA) is 128 Å². The first-order valence-corrected chi connectivity index (χ1v) is 5.64. The van der Waals surface area contributed by atoms with Crippen molar-refractivity contribution in [2.24, 2.45) is 0 Å². The SMILES string of the molecule is O=C(Nc1ccccn1)c1ccc([N+](=O)[O-])cc1[N+](=O)[O-]. The van der Waals surface area contributed by atoms with Gasteiger partial charge in [-0.05, 0) is 18.2 Å². The van der Waals surface area contributed by atoms with Gasteiger partial charge in [-0.3, -0.25) is 25.0 Å². The van der Waals surface area contributed by atoms with Gasteiger partial charge >= 0.3 is 0 Å². The maximum absolute atomic E-state index is 12.0. The highest BCUT2D eigenvalue weighted by Gasteiger charge is 2.24. The highest BCUT2D eigenvalue weighted by Crippen LogP contribution is 2.25. The van der Waals surface area contributed by atoms with E-state index < -0.39 is 27.1 Å². The molecule has 0 aliphatic heterocycles. The number of nitrogens with zero attached hydrogens (tertiary/aromatic N) is 3. The number of non-ortho nitro benzene ring substituents is 1. The quantitative estimate of drug-likeness (QED) is 0.677. The fourth-order valence-electron chi connectivity index (χ4n) is 1.60. The minimum absolute atomic E-state index is 0.218. The Morgan fingerprint density at radius 3 is 2.43 bits per heavy atom. The number of nitro benzene ring substituents is 2. The van der Waals surface area contributed by atoms with Crippen LogP contribution >= 0.6 is 0 Å². The predicted molar refractivity (Wildman–Crippen MR) is 71.9 cm³/mol. The molecule has 21 heavy (non-hydrogen) atoms. The number of rotatable bonds is 4. The predicted octanol–water partition coefficient (Wildman–Crippen LogP) is 2.15. The lowest BCUT2D eigenvalue weighted by Crippen LogP contribution is -2.14. The average molecular weight is 288 g/mol. The number of nitrogens with one attached hydrogen (secondary N) is 1. The van der Waals surface area contributed by atoms with Crippen LogP contribution in [0.5, 0.6) is 0 Å². The summed E-state index contributed by atoms with van der Waals surface area (Å²) in [6.45, 7) is 0. The largest absolute Gasteiger partial charge is 0.306 e. The van der Waals surface area contributed by atoms with Crippen molar-refractivity contribution in [3.63, 3.8) is 0 Å². The van der Waals surface area contributed by atoms with Gasteiger partial charge < -0.3 is 5.32 Å². The van der Waals surface area contributed by atoms with Gasteiger partial charge in [-0.25, -0.2) is 4.98 Å². The molecule has 9 heteroatoms. The molecule has 2 aromatic rings. The average Bonchev–Trinajstić information content (AvgIpc) is 2.47. The number of hydrogen-bond donors (Lipinski definition) is 1. The fraction of sp³-hybridized carbons (Fsp3) is 0. The van der Waals surface area contributed by atoms with Crippen molar-refractivity contribution >= 4 is 23.1 Å². The first-order valence-electron chi connectivity index (χ1n) is 5.64. The van der Waals surface area contributed by atoms with E-state index in [2.05, 4.69) is 10.3 Å². The van der Waals surface area contributed by atoms with Crippen molar-refractivity contribution in [2.45, 2.75) is 0 Å². The highest BCUT2D eigenvalue weighted by molar-refractivity contribution is 6.06. The van der Waals surface area contributed by atoms with Crippen molar-refractivity contribution in [2.75, 3.05) is 5.32 Å². The molecule has 0 fully saturated rings. The van der Waals surface area contributed by atoms with Crippen LogP contribution in [0.15, 0.2) is 42.6 Å². The summed E-state index contributed by atoms with van der Waals surface area (Å²) in [5.74, 6) is -0.551. The van der Waals surface area contributed by atoms with Gasteiger partial charge in [0.2, 0.25) is 0 Å². The standard InChI is InChI=1S/C12H8N4O5/c17-12(14-11-3-1-2-6-13-11)9-5-4-8(15(18)19)7-10(9)16(20)21/h1-7H,(H,13,14,17). The summed E-state index contributed by atoms with van der Waals surface area (Å²) in [5, 5.41) is 23.9. The number of carbonyl (C=O) groups excluding carboxylic acids is 1. The molecular weight excluding hydrogens is 280 g/mol. The third kappa shape index (κ3) is 3.15. The fourth-order valence-corrected chi connectivity index (χ4v) is 1.60. The van der Waals surface area contributed by atoms with Crippen LogP contribution in [0.1, 0.15) is 10.4 Å². The van der Waals surface area contributed by atoms with Crippen LogP contribution in [0.4, 0.5) is 17.2 Å². The molecule has 0 bridgehead atoms. The molecule has 106 valence electrons. The summed E-state index contributed by atoms with van der Waals surface area (Å²) in [4.78, 5) is 35.8. The molecule has 0 radical (unpaired) electrons. The second-order valence-electron chi connectivity index (χ2n) is 3.88. The Bertz CT molecular complexity index is 717. The van der Waals surface area contributed by atoms with Gasteiger partial charge in [0.15, 0.2) is 0 Å². The minimum Gasteiger partial charge on any atom is -0.306 e. The van der Waals surface area contributed by atoms with E-state index in [-0.39, 0.29) is 11.4 Å². The van der Waals surface area contributed by atoms with Gasteiger partial charge in [0.05, 0.1) is 15.9 Å². The van der Waals surface area contributed by atoms with E-state index in [1.807, 2.05) is 0 Å². The summed E-state index contributed by atoms with van der Waals surface area (Å²) in [6, 6.07) is 7.59. The molecule has 0 unspecified atom stereocenters. The van der Waals surface area contributed by atoms with E-state index in [0.29, 0.717) is 0 Å². The number of amides is 1. The molecular formula is C12H8N4O5. The number of aromatic nitrogens is 1. The van der Waals surface area contributed by atoms with E-state index in [1.54, 1.807) is 12.1 Å². The van der Waals surface area contributed by atoms with Crippen LogP contribution in [-0.2, 0) is 0 Å². The van der Waals surface area contributed by atoms with Crippen LogP contribution in [0, 0.1) is 20.2 Å². The number of nitro groups is 2. The van der Waals surface area contributed by atoms with E-state index in [9.17, 15) is 25.0 Å². The molecule has 0 saturated heterocycles. The zero-order valence-corrected chi connectivity index (χ0v) is 10.4. The van der Waals surface area contributed by atoms with Gasteiger partial charge in [0, 0.05) is 12.3 Å². The Labute approximate surface area is 117 Å². The molecule has 0 aliphatic carbocycles. The van der Waals surface area contributed by atoms with Crippen LogP contribution in [0.3, 0.4) is 0 Å². The molecule has 0 atom stereocenters. The summed E-state index contributed by atoms with van der Waals surface area (Å²) in [6.07, 6.45) is 1.44. The third-order valence-corrected chi connectivity index (χ3v) is 2.54. The van der Waals surface area contributed by atoms with Crippen molar-refractivity contribution in [3.05, 3.63) is 68.4 Å². The van der Waals surface area contributed by atoms with E-state index in [4.69, 9.17) is 0 Å². The normalized spacial score (nSPS) is 9.90. The zero-order chi connectivity index (χ0) is 15.4. The van der Waals surface area contributed by atoms with Gasteiger partial charge in [-0.1, -0.05) is 6.07 Å². The Morgan fingerprint density at radius 2 is 1.86 bits per heavy atom.